The number of allylic oxidation sites excluding steroid dienone is 2. The van der Waals surface area contributed by atoms with E-state index >= 15 is 0 Å². The summed E-state index contributed by atoms with van der Waals surface area (Å²) >= 11 is 0. The minimum atomic E-state index is -4.50. The summed E-state index contributed by atoms with van der Waals surface area (Å²) in [5.41, 5.74) is -1.34. The average Bonchev–Trinajstić information content (AvgIpc) is 2.87. The molecule has 1 N–H and O–H groups in total. The van der Waals surface area contributed by atoms with Crippen molar-refractivity contribution in [2.75, 3.05) is 0 Å². The van der Waals surface area contributed by atoms with Crippen molar-refractivity contribution >= 4 is 11.5 Å². The van der Waals surface area contributed by atoms with Gasteiger partial charge in [-0.15, -0.1) is 0 Å². The highest BCUT2D eigenvalue weighted by molar-refractivity contribution is 5.78. The molecule has 0 amide bonds. The smallest absolute Gasteiger partial charge is 0.416 e. The third-order valence-electron chi connectivity index (χ3n) is 3.91. The van der Waals surface area contributed by atoms with Gasteiger partial charge in [0.2, 0.25) is 0 Å². The van der Waals surface area contributed by atoms with Crippen molar-refractivity contribution in [3.05, 3.63) is 42.0 Å². The Bertz CT molecular complexity index is 550. The third kappa shape index (κ3) is 3.40. The van der Waals surface area contributed by atoms with Crippen LogP contribution >= 0.6 is 0 Å². The molecule has 2 nitrogen and oxygen atoms in total. The SMILES string of the molecule is CC1(C)C(C=C(c2ccccc2)C(F)(F)F)C1C(=O)O.[Cl-]. The molecule has 1 aromatic carbocycles. The van der Waals surface area contributed by atoms with Gasteiger partial charge in [0.25, 0.3) is 0 Å². The fraction of sp³-hybridized carbons (Fsp3) is 0.400. The zero-order valence-corrected chi connectivity index (χ0v) is 12.2. The standard InChI is InChI=1S/C15H15F3O2.ClH/c1-14(2)11(12(14)13(19)20)8-10(15(16,17)18)9-6-4-3-5-7-9;/h3-8,11-12H,1-2H3,(H,19,20);1H/p-1. The van der Waals surface area contributed by atoms with Crippen LogP contribution in [0.2, 0.25) is 0 Å². The quantitative estimate of drug-likeness (QED) is 0.902. The van der Waals surface area contributed by atoms with E-state index in [2.05, 4.69) is 0 Å². The molecule has 1 fully saturated rings. The van der Waals surface area contributed by atoms with E-state index in [0.717, 1.165) is 6.08 Å². The lowest BCUT2D eigenvalue weighted by atomic mass is 10.0. The summed E-state index contributed by atoms with van der Waals surface area (Å²) < 4.78 is 39.5. The van der Waals surface area contributed by atoms with Crippen molar-refractivity contribution in [3.63, 3.8) is 0 Å². The van der Waals surface area contributed by atoms with Crippen molar-refractivity contribution in [2.24, 2.45) is 17.3 Å². The number of hydrogen-bond acceptors (Lipinski definition) is 1. The molecule has 2 rings (SSSR count). The monoisotopic (exact) mass is 319 g/mol. The number of alkyl halides is 3. The van der Waals surface area contributed by atoms with Gasteiger partial charge in [-0.25, -0.2) is 0 Å². The molecule has 0 radical (unpaired) electrons. The molecule has 0 spiro atoms. The third-order valence-corrected chi connectivity index (χ3v) is 3.91. The van der Waals surface area contributed by atoms with Crippen LogP contribution in [0.5, 0.6) is 0 Å². The summed E-state index contributed by atoms with van der Waals surface area (Å²) in [6.07, 6.45) is -3.43. The largest absolute Gasteiger partial charge is 1.00 e. The zero-order valence-electron chi connectivity index (χ0n) is 11.5. The Morgan fingerprint density at radius 3 is 2.14 bits per heavy atom. The summed E-state index contributed by atoms with van der Waals surface area (Å²) in [6.45, 7) is 3.35. The maximum Gasteiger partial charge on any atom is 0.416 e. The summed E-state index contributed by atoms with van der Waals surface area (Å²) in [4.78, 5) is 11.0. The summed E-state index contributed by atoms with van der Waals surface area (Å²) in [5.74, 6) is -2.41. The van der Waals surface area contributed by atoms with Gasteiger partial charge in [0, 0.05) is 0 Å². The first-order valence-corrected chi connectivity index (χ1v) is 6.23. The first-order chi connectivity index (χ1) is 9.15. The van der Waals surface area contributed by atoms with Crippen molar-refractivity contribution in [2.45, 2.75) is 20.0 Å². The number of carboxylic acid groups (broad SMARTS) is 1. The van der Waals surface area contributed by atoms with Crippen LogP contribution in [0.1, 0.15) is 19.4 Å². The van der Waals surface area contributed by atoms with Crippen molar-refractivity contribution in [1.82, 2.24) is 0 Å². The number of carboxylic acids is 1. The second-order valence-electron chi connectivity index (χ2n) is 5.61. The van der Waals surface area contributed by atoms with Crippen LogP contribution in [-0.4, -0.2) is 17.3 Å². The lowest BCUT2D eigenvalue weighted by molar-refractivity contribution is -0.139. The minimum Gasteiger partial charge on any atom is -1.00 e. The van der Waals surface area contributed by atoms with Gasteiger partial charge in [0.15, 0.2) is 0 Å². The molecule has 2 atom stereocenters. The topological polar surface area (TPSA) is 37.3 Å². The number of halogens is 4. The van der Waals surface area contributed by atoms with E-state index < -0.39 is 35.0 Å². The number of benzene rings is 1. The van der Waals surface area contributed by atoms with Crippen LogP contribution in [0, 0.1) is 17.3 Å². The lowest BCUT2D eigenvalue weighted by Crippen LogP contribution is -3.00. The number of hydrogen-bond donors (Lipinski definition) is 1. The van der Waals surface area contributed by atoms with Crippen molar-refractivity contribution in [1.29, 1.82) is 0 Å². The van der Waals surface area contributed by atoms with E-state index in [9.17, 15) is 18.0 Å². The molecule has 1 aliphatic rings. The Morgan fingerprint density at radius 2 is 1.76 bits per heavy atom. The van der Waals surface area contributed by atoms with Gasteiger partial charge in [-0.3, -0.25) is 4.79 Å². The highest BCUT2D eigenvalue weighted by Crippen LogP contribution is 2.60. The van der Waals surface area contributed by atoms with E-state index in [1.54, 1.807) is 19.9 Å². The number of aliphatic carboxylic acids is 1. The minimum absolute atomic E-state index is 0. The fourth-order valence-corrected chi connectivity index (χ4v) is 2.61. The average molecular weight is 320 g/mol. The van der Waals surface area contributed by atoms with Crippen molar-refractivity contribution in [3.8, 4) is 0 Å². The summed E-state index contributed by atoms with van der Waals surface area (Å²) in [6, 6.07) is 7.46. The van der Waals surface area contributed by atoms with Gasteiger partial charge in [-0.2, -0.15) is 13.2 Å². The second-order valence-corrected chi connectivity index (χ2v) is 5.61. The molecule has 0 aliphatic heterocycles. The highest BCUT2D eigenvalue weighted by atomic mass is 35.5. The first-order valence-electron chi connectivity index (χ1n) is 6.23. The van der Waals surface area contributed by atoms with E-state index in [4.69, 9.17) is 5.11 Å². The highest BCUT2D eigenvalue weighted by Gasteiger charge is 2.61. The van der Waals surface area contributed by atoms with E-state index in [1.165, 1.54) is 24.3 Å². The maximum absolute atomic E-state index is 13.2. The molecular weight excluding hydrogens is 305 g/mol. The summed E-state index contributed by atoms with van der Waals surface area (Å²) in [7, 11) is 0. The van der Waals surface area contributed by atoms with E-state index in [0.29, 0.717) is 0 Å². The Hall–Kier alpha value is -1.49. The molecular formula is C15H15ClF3O2-. The summed E-state index contributed by atoms with van der Waals surface area (Å²) in [5, 5.41) is 9.04. The lowest BCUT2D eigenvalue weighted by Gasteiger charge is -2.12. The van der Waals surface area contributed by atoms with Crippen LogP contribution in [0.15, 0.2) is 36.4 Å². The Morgan fingerprint density at radius 1 is 1.24 bits per heavy atom. The van der Waals surface area contributed by atoms with Gasteiger partial charge in [-0.1, -0.05) is 50.3 Å². The molecule has 0 heterocycles. The molecule has 0 saturated heterocycles. The molecule has 6 heteroatoms. The van der Waals surface area contributed by atoms with Crippen LogP contribution in [0.4, 0.5) is 13.2 Å². The number of carbonyl (C=O) groups is 1. The van der Waals surface area contributed by atoms with Crippen LogP contribution in [0.25, 0.3) is 5.57 Å². The Labute approximate surface area is 127 Å². The Balaban J connectivity index is 0.00000220. The van der Waals surface area contributed by atoms with Crippen LogP contribution in [-0.2, 0) is 4.79 Å². The van der Waals surface area contributed by atoms with Crippen LogP contribution in [0.3, 0.4) is 0 Å². The molecule has 1 aliphatic carbocycles. The van der Waals surface area contributed by atoms with Gasteiger partial charge in [-0.05, 0) is 16.9 Å². The first kappa shape index (κ1) is 17.6. The second kappa shape index (κ2) is 5.72. The molecule has 1 aromatic rings. The van der Waals surface area contributed by atoms with Gasteiger partial charge < -0.3 is 17.5 Å². The Kier molecular flexibility index (Phi) is 4.78. The zero-order chi connectivity index (χ0) is 15.1. The maximum atomic E-state index is 13.2. The number of rotatable bonds is 3. The van der Waals surface area contributed by atoms with Crippen LogP contribution < -0.4 is 12.4 Å². The predicted molar refractivity (Wildman–Crippen MR) is 68.9 cm³/mol. The van der Waals surface area contributed by atoms with Gasteiger partial charge >= 0.3 is 12.1 Å². The van der Waals surface area contributed by atoms with Gasteiger partial charge in [0.05, 0.1) is 11.5 Å². The predicted octanol–water partition coefficient (Wildman–Crippen LogP) is 0.993. The molecule has 2 unspecified atom stereocenters. The molecule has 116 valence electrons. The molecule has 0 bridgehead atoms. The molecule has 0 aromatic heterocycles. The van der Waals surface area contributed by atoms with E-state index in [-0.39, 0.29) is 18.0 Å². The van der Waals surface area contributed by atoms with Gasteiger partial charge in [0.1, 0.15) is 0 Å². The van der Waals surface area contributed by atoms with Crippen molar-refractivity contribution < 1.29 is 35.5 Å². The normalized spacial score (nSPS) is 24.1. The van der Waals surface area contributed by atoms with E-state index in [1.807, 2.05) is 0 Å². The fourth-order valence-electron chi connectivity index (χ4n) is 2.61. The molecule has 21 heavy (non-hydrogen) atoms. The molecule has 1 saturated carbocycles.